The summed E-state index contributed by atoms with van der Waals surface area (Å²) in [6.45, 7) is 0.782. The third kappa shape index (κ3) is 3.25. The van der Waals surface area contributed by atoms with E-state index in [1.54, 1.807) is 12.1 Å². The van der Waals surface area contributed by atoms with E-state index in [0.29, 0.717) is 9.46 Å². The van der Waals surface area contributed by atoms with Crippen molar-refractivity contribution in [3.05, 3.63) is 69.9 Å². The molecule has 22 heavy (non-hydrogen) atoms. The van der Waals surface area contributed by atoms with Crippen LogP contribution >= 0.6 is 28.1 Å². The van der Waals surface area contributed by atoms with Crippen LogP contribution in [0.3, 0.4) is 0 Å². The Bertz CT molecular complexity index is 731. The first-order valence-corrected chi connectivity index (χ1v) is 8.25. The summed E-state index contributed by atoms with van der Waals surface area (Å²) in [4.78, 5) is 0.619. The molecule has 2 nitrogen and oxygen atoms in total. The van der Waals surface area contributed by atoms with Crippen LogP contribution < -0.4 is 0 Å². The van der Waals surface area contributed by atoms with Crippen molar-refractivity contribution in [3.63, 3.8) is 0 Å². The molecular weight excluding hydrogens is 363 g/mol. The van der Waals surface area contributed by atoms with Gasteiger partial charge in [-0.25, -0.2) is 4.39 Å². The molecule has 0 saturated carbocycles. The van der Waals surface area contributed by atoms with Gasteiger partial charge in [0.15, 0.2) is 0 Å². The van der Waals surface area contributed by atoms with Gasteiger partial charge in [-0.1, -0.05) is 42.5 Å². The Morgan fingerprint density at radius 2 is 1.95 bits per heavy atom. The zero-order valence-corrected chi connectivity index (χ0v) is 14.2. The van der Waals surface area contributed by atoms with Crippen LogP contribution in [-0.2, 0) is 0 Å². The van der Waals surface area contributed by atoms with Crippen molar-refractivity contribution in [2.24, 2.45) is 5.10 Å². The van der Waals surface area contributed by atoms with Gasteiger partial charge in [0.1, 0.15) is 10.8 Å². The Labute approximate surface area is 142 Å². The summed E-state index contributed by atoms with van der Waals surface area (Å²) < 4.78 is 13.8. The third-order valence-corrected chi connectivity index (χ3v) is 4.59. The fraction of sp³-hybridized carbons (Fsp3) is 0.176. The number of rotatable bonds is 2. The van der Waals surface area contributed by atoms with E-state index in [2.05, 4.69) is 33.2 Å². The molecule has 1 heterocycles. The third-order valence-electron chi connectivity index (χ3n) is 3.53. The topological polar surface area (TPSA) is 15.6 Å². The minimum atomic E-state index is -0.293. The number of halogens is 2. The molecular formula is C17H14BrFN2S. The summed E-state index contributed by atoms with van der Waals surface area (Å²) in [6, 6.07) is 14.9. The summed E-state index contributed by atoms with van der Waals surface area (Å²) >= 11 is 8.72. The average Bonchev–Trinajstić information content (AvgIpc) is 2.57. The minimum absolute atomic E-state index is 0.293. The van der Waals surface area contributed by atoms with Gasteiger partial charge in [0.25, 0.3) is 0 Å². The van der Waals surface area contributed by atoms with E-state index in [0.717, 1.165) is 36.2 Å². The fourth-order valence-corrected chi connectivity index (χ4v) is 3.04. The zero-order valence-electron chi connectivity index (χ0n) is 11.8. The molecule has 0 bridgehead atoms. The van der Waals surface area contributed by atoms with Crippen LogP contribution in [0.15, 0.2) is 58.1 Å². The summed E-state index contributed by atoms with van der Waals surface area (Å²) in [5, 5.41) is 6.51. The molecule has 2 aromatic rings. The molecule has 0 aliphatic carbocycles. The molecule has 0 atom stereocenters. The summed E-state index contributed by atoms with van der Waals surface area (Å²) in [7, 11) is 0. The Morgan fingerprint density at radius 1 is 1.18 bits per heavy atom. The van der Waals surface area contributed by atoms with Crippen molar-refractivity contribution in [3.8, 4) is 0 Å². The first-order valence-electron chi connectivity index (χ1n) is 7.05. The molecule has 112 valence electrons. The molecule has 3 rings (SSSR count). The van der Waals surface area contributed by atoms with E-state index in [4.69, 9.17) is 12.2 Å². The van der Waals surface area contributed by atoms with Gasteiger partial charge in [0.2, 0.25) is 0 Å². The summed E-state index contributed by atoms with van der Waals surface area (Å²) in [5.74, 6) is -0.293. The van der Waals surface area contributed by atoms with Gasteiger partial charge in [-0.3, -0.25) is 5.01 Å². The number of nitrogens with zero attached hydrogens (tertiary/aromatic N) is 2. The number of benzene rings is 2. The predicted octanol–water partition coefficient (Wildman–Crippen LogP) is 4.76. The molecule has 0 amide bonds. The highest BCUT2D eigenvalue weighted by atomic mass is 79.9. The highest BCUT2D eigenvalue weighted by Gasteiger charge is 2.18. The SMILES string of the molecule is Fc1ccc(C(=S)N2CCCC(c3ccccc3)=N2)cc1Br. The lowest BCUT2D eigenvalue weighted by Gasteiger charge is -2.26. The predicted molar refractivity (Wildman–Crippen MR) is 94.7 cm³/mol. The first-order chi connectivity index (χ1) is 10.6. The molecule has 0 N–H and O–H groups in total. The van der Waals surface area contributed by atoms with Crippen LogP contribution in [0.5, 0.6) is 0 Å². The Hall–Kier alpha value is -1.59. The fourth-order valence-electron chi connectivity index (χ4n) is 2.40. The van der Waals surface area contributed by atoms with Crippen LogP contribution in [0.1, 0.15) is 24.0 Å². The largest absolute Gasteiger partial charge is 0.254 e. The molecule has 1 aliphatic rings. The maximum absolute atomic E-state index is 13.4. The number of hydrazone groups is 1. The van der Waals surface area contributed by atoms with Crippen molar-refractivity contribution >= 4 is 38.8 Å². The Balaban J connectivity index is 1.87. The smallest absolute Gasteiger partial charge is 0.137 e. The highest BCUT2D eigenvalue weighted by molar-refractivity contribution is 9.10. The quantitative estimate of drug-likeness (QED) is 0.701. The molecule has 0 radical (unpaired) electrons. The normalized spacial score (nSPS) is 14.6. The van der Waals surface area contributed by atoms with Gasteiger partial charge in [0.05, 0.1) is 10.2 Å². The van der Waals surface area contributed by atoms with E-state index >= 15 is 0 Å². The molecule has 0 saturated heterocycles. The van der Waals surface area contributed by atoms with Gasteiger partial charge in [-0.15, -0.1) is 0 Å². The number of thiocarbonyl (C=S) groups is 1. The van der Waals surface area contributed by atoms with Crippen LogP contribution in [-0.4, -0.2) is 22.3 Å². The molecule has 0 aromatic heterocycles. The van der Waals surface area contributed by atoms with Crippen molar-refractivity contribution in [1.29, 1.82) is 0 Å². The maximum Gasteiger partial charge on any atom is 0.137 e. The van der Waals surface area contributed by atoms with Crippen molar-refractivity contribution in [1.82, 2.24) is 5.01 Å². The summed E-state index contributed by atoms with van der Waals surface area (Å²) in [6.07, 6.45) is 1.94. The van der Waals surface area contributed by atoms with Crippen LogP contribution in [0.4, 0.5) is 4.39 Å². The van der Waals surface area contributed by atoms with E-state index < -0.39 is 0 Å². The maximum atomic E-state index is 13.4. The Morgan fingerprint density at radius 3 is 2.68 bits per heavy atom. The molecule has 0 fully saturated rings. The summed E-state index contributed by atoms with van der Waals surface area (Å²) in [5.41, 5.74) is 2.95. The van der Waals surface area contributed by atoms with Crippen molar-refractivity contribution in [2.45, 2.75) is 12.8 Å². The second-order valence-electron chi connectivity index (χ2n) is 5.07. The van der Waals surface area contributed by atoms with E-state index in [-0.39, 0.29) is 5.82 Å². The minimum Gasteiger partial charge on any atom is -0.254 e. The van der Waals surface area contributed by atoms with Gasteiger partial charge < -0.3 is 0 Å². The van der Waals surface area contributed by atoms with Gasteiger partial charge in [0, 0.05) is 12.1 Å². The lowest BCUT2D eigenvalue weighted by molar-refractivity contribution is 0.425. The van der Waals surface area contributed by atoms with Gasteiger partial charge in [-0.05, 0) is 52.5 Å². The first kappa shape index (κ1) is 15.3. The Kier molecular flexibility index (Phi) is 4.64. The van der Waals surface area contributed by atoms with Gasteiger partial charge >= 0.3 is 0 Å². The molecule has 0 spiro atoms. The van der Waals surface area contributed by atoms with Crippen LogP contribution in [0, 0.1) is 5.82 Å². The second kappa shape index (κ2) is 6.67. The van der Waals surface area contributed by atoms with Crippen LogP contribution in [0.2, 0.25) is 0 Å². The molecule has 1 aliphatic heterocycles. The standard InChI is InChI=1S/C17H14BrFN2S/c18-14-11-13(8-9-15(14)19)17(22)21-10-4-7-16(20-21)12-5-2-1-3-6-12/h1-3,5-6,8-9,11H,4,7,10H2. The monoisotopic (exact) mass is 376 g/mol. The number of hydrogen-bond donors (Lipinski definition) is 0. The lowest BCUT2D eigenvalue weighted by Crippen LogP contribution is -2.31. The number of hydrogen-bond acceptors (Lipinski definition) is 2. The van der Waals surface area contributed by atoms with Gasteiger partial charge in [-0.2, -0.15) is 5.10 Å². The van der Waals surface area contributed by atoms with Crippen molar-refractivity contribution in [2.75, 3.05) is 6.54 Å². The van der Waals surface area contributed by atoms with E-state index in [9.17, 15) is 4.39 Å². The molecule has 5 heteroatoms. The molecule has 0 unspecified atom stereocenters. The lowest BCUT2D eigenvalue weighted by atomic mass is 10.0. The second-order valence-corrected chi connectivity index (χ2v) is 6.31. The average molecular weight is 377 g/mol. The van der Waals surface area contributed by atoms with Crippen molar-refractivity contribution < 1.29 is 4.39 Å². The molecule has 2 aromatic carbocycles. The zero-order chi connectivity index (χ0) is 15.5. The van der Waals surface area contributed by atoms with Crippen LogP contribution in [0.25, 0.3) is 0 Å². The van der Waals surface area contributed by atoms with E-state index in [1.807, 2.05) is 23.2 Å². The highest BCUT2D eigenvalue weighted by Crippen LogP contribution is 2.21. The van der Waals surface area contributed by atoms with E-state index in [1.165, 1.54) is 6.07 Å².